The summed E-state index contributed by atoms with van der Waals surface area (Å²) in [6.45, 7) is 1.07. The maximum Gasteiger partial charge on any atom is 0.180 e. The van der Waals surface area contributed by atoms with E-state index in [9.17, 15) is 0 Å². The second-order valence-corrected chi connectivity index (χ2v) is 5.08. The van der Waals surface area contributed by atoms with Crippen LogP contribution < -0.4 is 0 Å². The van der Waals surface area contributed by atoms with Crippen LogP contribution in [0.25, 0.3) is 0 Å². The number of methoxy groups -OCH3 is 1. The lowest BCUT2D eigenvalue weighted by Crippen LogP contribution is -2.28. The smallest absolute Gasteiger partial charge is 0.180 e. The Labute approximate surface area is 123 Å². The predicted octanol–water partition coefficient (Wildman–Crippen LogP) is 2.74. The van der Waals surface area contributed by atoms with Gasteiger partial charge in [-0.3, -0.25) is 0 Å². The van der Waals surface area contributed by atoms with Crippen LogP contribution in [0.5, 0.6) is 0 Å². The Kier molecular flexibility index (Phi) is 4.65. The number of ether oxygens (including phenoxy) is 3. The van der Waals surface area contributed by atoms with E-state index in [1.165, 1.54) is 6.39 Å². The molecule has 0 N–H and O–H groups in total. The lowest BCUT2D eigenvalue weighted by molar-refractivity contribution is -0.0610. The number of nitrogens with zero attached hydrogens (tertiary/aromatic N) is 1. The van der Waals surface area contributed by atoms with E-state index in [0.717, 1.165) is 17.7 Å². The van der Waals surface area contributed by atoms with E-state index in [0.29, 0.717) is 13.2 Å². The van der Waals surface area contributed by atoms with Crippen LogP contribution >= 0.6 is 0 Å². The highest BCUT2D eigenvalue weighted by Gasteiger charge is 2.37. The van der Waals surface area contributed by atoms with Crippen LogP contribution in [0.2, 0.25) is 0 Å². The fourth-order valence-corrected chi connectivity index (χ4v) is 2.55. The van der Waals surface area contributed by atoms with Gasteiger partial charge >= 0.3 is 0 Å². The molecule has 0 spiro atoms. The summed E-state index contributed by atoms with van der Waals surface area (Å²) in [4.78, 5) is 3.93. The van der Waals surface area contributed by atoms with Gasteiger partial charge in [-0.1, -0.05) is 30.3 Å². The van der Waals surface area contributed by atoms with Crippen LogP contribution in [-0.4, -0.2) is 30.9 Å². The van der Waals surface area contributed by atoms with E-state index in [1.54, 1.807) is 13.3 Å². The average Bonchev–Trinajstić information content (AvgIpc) is 3.17. The SMILES string of the molecule is CO[C@H]1C[C@@H](c2cnco2)O[C@@H]1COCc1ccccc1. The first-order valence-electron chi connectivity index (χ1n) is 7.05. The third kappa shape index (κ3) is 3.50. The molecule has 1 saturated heterocycles. The van der Waals surface area contributed by atoms with E-state index >= 15 is 0 Å². The van der Waals surface area contributed by atoms with Crippen molar-refractivity contribution in [1.82, 2.24) is 4.98 Å². The summed E-state index contributed by atoms with van der Waals surface area (Å²) >= 11 is 0. The molecule has 0 amide bonds. The Morgan fingerprint density at radius 2 is 2.14 bits per heavy atom. The third-order valence-electron chi connectivity index (χ3n) is 3.67. The van der Waals surface area contributed by atoms with Gasteiger partial charge in [0.25, 0.3) is 0 Å². The van der Waals surface area contributed by atoms with Crippen molar-refractivity contribution in [1.29, 1.82) is 0 Å². The molecule has 0 bridgehead atoms. The minimum Gasteiger partial charge on any atom is -0.446 e. The van der Waals surface area contributed by atoms with Crippen LogP contribution in [0.15, 0.2) is 47.3 Å². The zero-order valence-corrected chi connectivity index (χ0v) is 12.0. The quantitative estimate of drug-likeness (QED) is 0.818. The molecule has 2 aromatic rings. The molecule has 1 aromatic carbocycles. The van der Waals surface area contributed by atoms with Gasteiger partial charge < -0.3 is 18.6 Å². The minimum absolute atomic E-state index is 0.0101. The van der Waals surface area contributed by atoms with Crippen LogP contribution in [0, 0.1) is 0 Å². The fraction of sp³-hybridized carbons (Fsp3) is 0.438. The van der Waals surface area contributed by atoms with Gasteiger partial charge in [-0.15, -0.1) is 0 Å². The molecule has 112 valence electrons. The maximum atomic E-state index is 5.96. The first-order chi connectivity index (χ1) is 10.4. The molecule has 5 nitrogen and oxygen atoms in total. The number of hydrogen-bond donors (Lipinski definition) is 0. The van der Waals surface area contributed by atoms with Gasteiger partial charge in [0.15, 0.2) is 12.2 Å². The molecule has 1 fully saturated rings. The second kappa shape index (κ2) is 6.85. The topological polar surface area (TPSA) is 53.7 Å². The summed E-state index contributed by atoms with van der Waals surface area (Å²) in [6.07, 6.45) is 3.67. The minimum atomic E-state index is -0.109. The fourth-order valence-electron chi connectivity index (χ4n) is 2.55. The number of aromatic nitrogens is 1. The molecule has 5 heteroatoms. The Morgan fingerprint density at radius 3 is 2.86 bits per heavy atom. The van der Waals surface area contributed by atoms with Crippen molar-refractivity contribution < 1.29 is 18.6 Å². The molecule has 0 aliphatic carbocycles. The molecular formula is C16H19NO4. The maximum absolute atomic E-state index is 5.96. The second-order valence-electron chi connectivity index (χ2n) is 5.08. The average molecular weight is 289 g/mol. The number of oxazole rings is 1. The van der Waals surface area contributed by atoms with Crippen molar-refractivity contribution in [2.75, 3.05) is 13.7 Å². The van der Waals surface area contributed by atoms with Crippen LogP contribution in [-0.2, 0) is 20.8 Å². The standard InChI is InChI=1S/C16H19NO4/c1-18-13-7-14(15-8-17-11-20-15)21-16(13)10-19-9-12-5-3-2-4-6-12/h2-6,8,11,13-14,16H,7,9-10H2,1H3/t13-,14-,16+/m0/s1. The Morgan fingerprint density at radius 1 is 1.29 bits per heavy atom. The van der Waals surface area contributed by atoms with Gasteiger partial charge in [0.1, 0.15) is 12.2 Å². The first kappa shape index (κ1) is 14.3. The zero-order valence-electron chi connectivity index (χ0n) is 12.0. The predicted molar refractivity (Wildman–Crippen MR) is 75.6 cm³/mol. The summed E-state index contributed by atoms with van der Waals surface area (Å²) < 4.78 is 22.5. The monoisotopic (exact) mass is 289 g/mol. The largest absolute Gasteiger partial charge is 0.446 e. The van der Waals surface area contributed by atoms with Gasteiger partial charge in [0.05, 0.1) is 25.5 Å². The van der Waals surface area contributed by atoms with Crippen LogP contribution in [0.4, 0.5) is 0 Å². The number of rotatable bonds is 6. The molecule has 21 heavy (non-hydrogen) atoms. The normalized spacial score (nSPS) is 25.3. The Bertz CT molecular complexity index is 528. The molecule has 1 aliphatic heterocycles. The third-order valence-corrected chi connectivity index (χ3v) is 3.67. The Balaban J connectivity index is 1.52. The van der Waals surface area contributed by atoms with Gasteiger partial charge in [-0.2, -0.15) is 0 Å². The molecule has 1 aliphatic rings. The molecule has 3 rings (SSSR count). The lowest BCUT2D eigenvalue weighted by Gasteiger charge is -2.17. The van der Waals surface area contributed by atoms with Crippen LogP contribution in [0.3, 0.4) is 0 Å². The van der Waals surface area contributed by atoms with Crippen LogP contribution in [0.1, 0.15) is 23.8 Å². The summed E-state index contributed by atoms with van der Waals surface area (Å²) in [5.41, 5.74) is 1.15. The number of benzene rings is 1. The number of hydrogen-bond acceptors (Lipinski definition) is 5. The van der Waals surface area contributed by atoms with E-state index in [4.69, 9.17) is 18.6 Å². The van der Waals surface area contributed by atoms with E-state index in [-0.39, 0.29) is 18.3 Å². The molecule has 0 saturated carbocycles. The van der Waals surface area contributed by atoms with Crippen molar-refractivity contribution >= 4 is 0 Å². The highest BCUT2D eigenvalue weighted by molar-refractivity contribution is 5.13. The summed E-state index contributed by atoms with van der Waals surface area (Å²) in [5, 5.41) is 0. The molecule has 0 radical (unpaired) electrons. The van der Waals surface area contributed by atoms with Crippen molar-refractivity contribution in [3.8, 4) is 0 Å². The van der Waals surface area contributed by atoms with E-state index in [1.807, 2.05) is 30.3 Å². The van der Waals surface area contributed by atoms with E-state index < -0.39 is 0 Å². The highest BCUT2D eigenvalue weighted by atomic mass is 16.6. The summed E-state index contributed by atoms with van der Waals surface area (Å²) in [6, 6.07) is 10.1. The first-order valence-corrected chi connectivity index (χ1v) is 7.05. The highest BCUT2D eigenvalue weighted by Crippen LogP contribution is 2.34. The summed E-state index contributed by atoms with van der Waals surface area (Å²) in [7, 11) is 1.70. The zero-order chi connectivity index (χ0) is 14.5. The molecule has 0 unspecified atom stereocenters. The van der Waals surface area contributed by atoms with Crippen molar-refractivity contribution in [2.24, 2.45) is 0 Å². The molecule has 2 heterocycles. The molecular weight excluding hydrogens is 270 g/mol. The Hall–Kier alpha value is -1.69. The van der Waals surface area contributed by atoms with E-state index in [2.05, 4.69) is 4.98 Å². The van der Waals surface area contributed by atoms with Crippen molar-refractivity contribution in [2.45, 2.75) is 31.3 Å². The summed E-state index contributed by atoms with van der Waals surface area (Å²) in [5.74, 6) is 0.739. The van der Waals surface area contributed by atoms with Crippen molar-refractivity contribution in [3.63, 3.8) is 0 Å². The van der Waals surface area contributed by atoms with Gasteiger partial charge in [-0.25, -0.2) is 4.98 Å². The van der Waals surface area contributed by atoms with Gasteiger partial charge in [-0.05, 0) is 5.56 Å². The van der Waals surface area contributed by atoms with Gasteiger partial charge in [0.2, 0.25) is 0 Å². The lowest BCUT2D eigenvalue weighted by atomic mass is 10.1. The molecule has 3 atom stereocenters. The van der Waals surface area contributed by atoms with Gasteiger partial charge in [0, 0.05) is 13.5 Å². The van der Waals surface area contributed by atoms with Crippen molar-refractivity contribution in [3.05, 3.63) is 54.2 Å². The molecule has 1 aromatic heterocycles.